The quantitative estimate of drug-likeness (QED) is 0.752. The highest BCUT2D eigenvalue weighted by Gasteiger charge is 2.35. The van der Waals surface area contributed by atoms with Crippen LogP contribution in [-0.4, -0.2) is 69.4 Å². The molecule has 6 rings (SSSR count). The van der Waals surface area contributed by atoms with Gasteiger partial charge in [0.15, 0.2) is 0 Å². The summed E-state index contributed by atoms with van der Waals surface area (Å²) in [5, 5.41) is 5.29. The predicted molar refractivity (Wildman–Crippen MR) is 101 cm³/mol. The molecule has 2 aromatic rings. The first-order valence-electron chi connectivity index (χ1n) is 9.54. The summed E-state index contributed by atoms with van der Waals surface area (Å²) in [5.41, 5.74) is 3.43. The molecular formula is C19H22ClN5O2. The number of amides is 1. The number of hydrogen-bond acceptors (Lipinski definition) is 5. The largest absolute Gasteiger partial charge is 0.375 e. The molecule has 2 aromatic heterocycles. The van der Waals surface area contributed by atoms with E-state index >= 15 is 0 Å². The van der Waals surface area contributed by atoms with Crippen LogP contribution < -0.4 is 0 Å². The number of fused-ring (bicyclic) bond motifs is 5. The summed E-state index contributed by atoms with van der Waals surface area (Å²) in [6, 6.07) is 3.93. The third-order valence-corrected chi connectivity index (χ3v) is 6.10. The summed E-state index contributed by atoms with van der Waals surface area (Å²) in [6.07, 6.45) is 4.43. The molecule has 0 spiro atoms. The lowest BCUT2D eigenvalue weighted by Crippen LogP contribution is -2.44. The second kappa shape index (κ2) is 6.89. The third-order valence-electron chi connectivity index (χ3n) is 5.88. The van der Waals surface area contributed by atoms with Crippen molar-refractivity contribution in [2.45, 2.75) is 31.9 Å². The molecule has 4 aliphatic rings. The first-order valence-corrected chi connectivity index (χ1v) is 9.92. The van der Waals surface area contributed by atoms with Gasteiger partial charge in [0, 0.05) is 44.0 Å². The monoisotopic (exact) mass is 387 g/mol. The van der Waals surface area contributed by atoms with Crippen molar-refractivity contribution in [3.05, 3.63) is 34.6 Å². The van der Waals surface area contributed by atoms with Crippen LogP contribution in [0.4, 0.5) is 4.79 Å². The van der Waals surface area contributed by atoms with Gasteiger partial charge in [-0.1, -0.05) is 11.6 Å². The fourth-order valence-corrected chi connectivity index (χ4v) is 4.49. The molecule has 142 valence electrons. The van der Waals surface area contributed by atoms with Gasteiger partial charge >= 0.3 is 6.03 Å². The fraction of sp³-hybridized carbons (Fsp3) is 0.526. The SMILES string of the molecule is O=C(N1CCN2CCC1CC2)n1nc(-c2ccc(Cl)cn2)c2c1COCC2. The van der Waals surface area contributed by atoms with Crippen LogP contribution in [0.1, 0.15) is 24.1 Å². The minimum absolute atomic E-state index is 0.0364. The zero-order valence-corrected chi connectivity index (χ0v) is 15.9. The van der Waals surface area contributed by atoms with Gasteiger partial charge in [-0.05, 0) is 31.4 Å². The molecule has 8 heteroatoms. The Morgan fingerprint density at radius 2 is 2.04 bits per heavy atom. The molecule has 0 aliphatic carbocycles. The highest BCUT2D eigenvalue weighted by atomic mass is 35.5. The lowest BCUT2D eigenvalue weighted by Gasteiger charge is -2.31. The second-order valence-corrected chi connectivity index (χ2v) is 7.84. The average Bonchev–Trinajstić information content (AvgIpc) is 2.84. The average molecular weight is 388 g/mol. The minimum atomic E-state index is -0.0364. The summed E-state index contributed by atoms with van der Waals surface area (Å²) >= 11 is 5.98. The number of hydrogen-bond donors (Lipinski definition) is 0. The number of carbonyl (C=O) groups excluding carboxylic acids is 1. The van der Waals surface area contributed by atoms with E-state index in [9.17, 15) is 4.79 Å². The van der Waals surface area contributed by atoms with Crippen LogP contribution in [0.2, 0.25) is 5.02 Å². The van der Waals surface area contributed by atoms with Crippen LogP contribution in [0, 0.1) is 0 Å². The van der Waals surface area contributed by atoms with Crippen LogP contribution in [0.15, 0.2) is 18.3 Å². The van der Waals surface area contributed by atoms with Crippen LogP contribution >= 0.6 is 11.6 Å². The van der Waals surface area contributed by atoms with E-state index in [4.69, 9.17) is 21.4 Å². The Morgan fingerprint density at radius 1 is 1.19 bits per heavy atom. The number of ether oxygens (including phenoxy) is 1. The van der Waals surface area contributed by atoms with E-state index in [1.807, 2.05) is 11.0 Å². The van der Waals surface area contributed by atoms with Gasteiger partial charge < -0.3 is 14.5 Å². The van der Waals surface area contributed by atoms with Crippen LogP contribution in [-0.2, 0) is 17.8 Å². The molecule has 3 saturated heterocycles. The first-order chi connectivity index (χ1) is 13.2. The molecule has 0 unspecified atom stereocenters. The molecule has 6 heterocycles. The van der Waals surface area contributed by atoms with Crippen molar-refractivity contribution in [3.8, 4) is 11.4 Å². The van der Waals surface area contributed by atoms with Crippen molar-refractivity contribution < 1.29 is 9.53 Å². The van der Waals surface area contributed by atoms with E-state index in [1.54, 1.807) is 16.9 Å². The van der Waals surface area contributed by atoms with Crippen molar-refractivity contribution in [1.82, 2.24) is 24.6 Å². The molecule has 0 radical (unpaired) electrons. The lowest BCUT2D eigenvalue weighted by atomic mass is 10.1. The highest BCUT2D eigenvalue weighted by Crippen LogP contribution is 2.30. The number of pyridine rings is 1. The fourth-order valence-electron chi connectivity index (χ4n) is 4.38. The normalized spacial score (nSPS) is 24.6. The maximum Gasteiger partial charge on any atom is 0.345 e. The van der Waals surface area contributed by atoms with Crippen molar-refractivity contribution in [1.29, 1.82) is 0 Å². The smallest absolute Gasteiger partial charge is 0.345 e. The minimum Gasteiger partial charge on any atom is -0.375 e. The van der Waals surface area contributed by atoms with Crippen LogP contribution in [0.3, 0.4) is 0 Å². The lowest BCUT2D eigenvalue weighted by molar-refractivity contribution is 0.103. The van der Waals surface area contributed by atoms with E-state index in [2.05, 4.69) is 9.88 Å². The number of aromatic nitrogens is 3. The van der Waals surface area contributed by atoms with Gasteiger partial charge in [-0.15, -0.1) is 0 Å². The van der Waals surface area contributed by atoms with Crippen LogP contribution in [0.5, 0.6) is 0 Å². The molecule has 0 saturated carbocycles. The zero-order valence-electron chi connectivity index (χ0n) is 15.1. The van der Waals surface area contributed by atoms with Crippen molar-refractivity contribution in [2.75, 3.05) is 32.8 Å². The van der Waals surface area contributed by atoms with Gasteiger partial charge in [0.1, 0.15) is 5.69 Å². The molecular weight excluding hydrogens is 366 g/mol. The Balaban J connectivity index is 1.54. The Kier molecular flexibility index (Phi) is 4.38. The van der Waals surface area contributed by atoms with Crippen molar-refractivity contribution in [2.24, 2.45) is 0 Å². The summed E-state index contributed by atoms with van der Waals surface area (Å²) in [6.45, 7) is 4.89. The van der Waals surface area contributed by atoms with Crippen molar-refractivity contribution in [3.63, 3.8) is 0 Å². The molecule has 0 atom stereocenters. The summed E-state index contributed by atoms with van der Waals surface area (Å²) in [7, 11) is 0. The van der Waals surface area contributed by atoms with Crippen LogP contribution in [0.25, 0.3) is 11.4 Å². The third kappa shape index (κ3) is 3.03. The van der Waals surface area contributed by atoms with E-state index in [1.165, 1.54) is 0 Å². The first kappa shape index (κ1) is 17.2. The Bertz CT molecular complexity index is 858. The number of carbonyl (C=O) groups is 1. The molecule has 2 bridgehead atoms. The number of nitrogens with zero attached hydrogens (tertiary/aromatic N) is 5. The van der Waals surface area contributed by atoms with Gasteiger partial charge in [0.25, 0.3) is 0 Å². The van der Waals surface area contributed by atoms with Gasteiger partial charge in [-0.3, -0.25) is 4.98 Å². The number of halogens is 1. The Morgan fingerprint density at radius 3 is 2.81 bits per heavy atom. The molecule has 3 fully saturated rings. The summed E-state index contributed by atoms with van der Waals surface area (Å²) in [4.78, 5) is 22.3. The van der Waals surface area contributed by atoms with E-state index in [-0.39, 0.29) is 6.03 Å². The standard InChI is InChI=1S/C19H22ClN5O2/c20-13-1-2-16(21-11-13)18-15-5-10-27-12-17(15)25(22-18)19(26)24-9-8-23-6-3-14(24)4-7-23/h1-2,11,14H,3-10,12H2. The molecule has 4 aliphatic heterocycles. The highest BCUT2D eigenvalue weighted by molar-refractivity contribution is 6.30. The second-order valence-electron chi connectivity index (χ2n) is 7.40. The summed E-state index contributed by atoms with van der Waals surface area (Å²) < 4.78 is 7.21. The topological polar surface area (TPSA) is 63.5 Å². The van der Waals surface area contributed by atoms with E-state index in [0.29, 0.717) is 24.3 Å². The van der Waals surface area contributed by atoms with Gasteiger partial charge in [-0.25, -0.2) is 4.79 Å². The van der Waals surface area contributed by atoms with Gasteiger partial charge in [0.05, 0.1) is 29.6 Å². The molecule has 27 heavy (non-hydrogen) atoms. The number of rotatable bonds is 1. The Labute approximate surface area is 162 Å². The number of piperidine rings is 1. The molecule has 0 aromatic carbocycles. The predicted octanol–water partition coefficient (Wildman–Crippen LogP) is 2.42. The Hall–Kier alpha value is -1.96. The molecule has 1 amide bonds. The van der Waals surface area contributed by atoms with E-state index in [0.717, 1.165) is 68.1 Å². The van der Waals surface area contributed by atoms with Gasteiger partial charge in [-0.2, -0.15) is 9.78 Å². The maximum atomic E-state index is 13.4. The molecule has 7 nitrogen and oxygen atoms in total. The molecule has 0 N–H and O–H groups in total. The summed E-state index contributed by atoms with van der Waals surface area (Å²) in [5.74, 6) is 0. The zero-order chi connectivity index (χ0) is 18.4. The van der Waals surface area contributed by atoms with Gasteiger partial charge in [0.2, 0.25) is 0 Å². The van der Waals surface area contributed by atoms with Crippen molar-refractivity contribution >= 4 is 17.6 Å². The maximum absolute atomic E-state index is 13.4. The van der Waals surface area contributed by atoms with E-state index < -0.39 is 0 Å².